The lowest BCUT2D eigenvalue weighted by molar-refractivity contribution is -0.00303. The highest BCUT2D eigenvalue weighted by molar-refractivity contribution is 5.95. The molecule has 23 heavy (non-hydrogen) atoms. The highest BCUT2D eigenvalue weighted by atomic mass is 16.5. The lowest BCUT2D eigenvalue weighted by Gasteiger charge is -2.30. The summed E-state index contributed by atoms with van der Waals surface area (Å²) in [6.07, 6.45) is 6.34. The molecule has 1 fully saturated rings. The fraction of sp³-hybridized carbons (Fsp3) is 0.438. The highest BCUT2D eigenvalue weighted by Crippen LogP contribution is 2.27. The second kappa shape index (κ2) is 6.37. The summed E-state index contributed by atoms with van der Waals surface area (Å²) < 4.78 is 7.71. The summed E-state index contributed by atoms with van der Waals surface area (Å²) >= 11 is 0. The van der Waals surface area contributed by atoms with Crippen molar-refractivity contribution in [3.05, 3.63) is 52.0 Å². The third-order valence-corrected chi connectivity index (χ3v) is 4.20. The van der Waals surface area contributed by atoms with Gasteiger partial charge >= 0.3 is 0 Å². The molecular formula is C16H20N4O3. The molecule has 0 bridgehead atoms. The smallest absolute Gasteiger partial charge is 0.261 e. The normalized spacial score (nSPS) is 21.1. The van der Waals surface area contributed by atoms with Crippen molar-refractivity contribution in [2.45, 2.75) is 31.9 Å². The number of aromatic nitrogens is 3. The first-order valence-corrected chi connectivity index (χ1v) is 7.63. The standard InChI is InChI=1S/C16H20N4O3/c1-10-3-5-18-15(21)14(10)16(22)19-11-4-6-23-13(7-11)12-8-17-9-20(12)2/h3,5,8-9,11,13H,4,6-7H2,1-2H3,(H,18,21)(H,19,22)/t11-,13-/m0/s1. The van der Waals surface area contributed by atoms with Gasteiger partial charge in [0.15, 0.2) is 0 Å². The summed E-state index contributed by atoms with van der Waals surface area (Å²) in [7, 11) is 1.92. The second-order valence-corrected chi connectivity index (χ2v) is 5.85. The molecule has 3 heterocycles. The van der Waals surface area contributed by atoms with Crippen molar-refractivity contribution in [2.75, 3.05) is 6.61 Å². The van der Waals surface area contributed by atoms with Gasteiger partial charge < -0.3 is 19.6 Å². The number of carbonyl (C=O) groups is 1. The van der Waals surface area contributed by atoms with Crippen LogP contribution in [0.2, 0.25) is 0 Å². The molecule has 2 atom stereocenters. The monoisotopic (exact) mass is 316 g/mol. The minimum absolute atomic E-state index is 0.0323. The van der Waals surface area contributed by atoms with Gasteiger partial charge in [-0.3, -0.25) is 9.59 Å². The number of carbonyl (C=O) groups excluding carboxylic acids is 1. The Morgan fingerprint density at radius 3 is 3.04 bits per heavy atom. The van der Waals surface area contributed by atoms with Crippen LogP contribution < -0.4 is 10.9 Å². The van der Waals surface area contributed by atoms with E-state index >= 15 is 0 Å². The number of hydrogen-bond donors (Lipinski definition) is 2. The van der Waals surface area contributed by atoms with E-state index in [0.717, 1.165) is 12.1 Å². The minimum Gasteiger partial charge on any atom is -0.372 e. The van der Waals surface area contributed by atoms with Crippen molar-refractivity contribution >= 4 is 5.91 Å². The zero-order chi connectivity index (χ0) is 16.4. The van der Waals surface area contributed by atoms with E-state index in [2.05, 4.69) is 15.3 Å². The number of nitrogens with one attached hydrogen (secondary N) is 2. The van der Waals surface area contributed by atoms with Crippen LogP contribution in [0.1, 0.15) is 40.6 Å². The van der Waals surface area contributed by atoms with Gasteiger partial charge in [0.05, 0.1) is 18.2 Å². The number of pyridine rings is 1. The number of aryl methyl sites for hydroxylation is 2. The van der Waals surface area contributed by atoms with Crippen LogP contribution in [0.4, 0.5) is 0 Å². The summed E-state index contributed by atoms with van der Waals surface area (Å²) in [5.74, 6) is -0.333. The quantitative estimate of drug-likeness (QED) is 0.886. The number of rotatable bonds is 3. The zero-order valence-corrected chi connectivity index (χ0v) is 13.2. The van der Waals surface area contributed by atoms with E-state index in [1.165, 1.54) is 0 Å². The van der Waals surface area contributed by atoms with Crippen molar-refractivity contribution in [1.82, 2.24) is 19.9 Å². The van der Waals surface area contributed by atoms with Gasteiger partial charge in [-0.25, -0.2) is 4.98 Å². The van der Waals surface area contributed by atoms with Crippen LogP contribution in [-0.2, 0) is 11.8 Å². The molecule has 122 valence electrons. The SMILES string of the molecule is Cc1cc[nH]c(=O)c1C(=O)N[C@H]1CCO[C@H](c2cncn2C)C1. The summed E-state index contributed by atoms with van der Waals surface area (Å²) in [5, 5.41) is 2.96. The molecule has 0 aromatic carbocycles. The van der Waals surface area contributed by atoms with E-state index in [1.54, 1.807) is 31.7 Å². The average Bonchev–Trinajstić information content (AvgIpc) is 2.93. The Labute approximate surface area is 133 Å². The summed E-state index contributed by atoms with van der Waals surface area (Å²) in [6.45, 7) is 2.32. The van der Waals surface area contributed by atoms with Crippen molar-refractivity contribution in [3.63, 3.8) is 0 Å². The first-order chi connectivity index (χ1) is 11.1. The lowest BCUT2D eigenvalue weighted by Crippen LogP contribution is -2.42. The molecule has 1 aliphatic heterocycles. The Morgan fingerprint density at radius 2 is 2.35 bits per heavy atom. The third-order valence-electron chi connectivity index (χ3n) is 4.20. The topological polar surface area (TPSA) is 89.0 Å². The van der Waals surface area contributed by atoms with Crippen LogP contribution in [0.5, 0.6) is 0 Å². The highest BCUT2D eigenvalue weighted by Gasteiger charge is 2.27. The number of amides is 1. The third kappa shape index (κ3) is 3.19. The molecule has 2 aromatic heterocycles. The maximum atomic E-state index is 12.4. The van der Waals surface area contributed by atoms with Crippen LogP contribution in [0.15, 0.2) is 29.6 Å². The number of ether oxygens (including phenoxy) is 1. The van der Waals surface area contributed by atoms with E-state index in [1.807, 2.05) is 11.6 Å². The molecule has 0 unspecified atom stereocenters. The summed E-state index contributed by atoms with van der Waals surface area (Å²) in [6, 6.07) is 1.69. The first kappa shape index (κ1) is 15.5. The predicted molar refractivity (Wildman–Crippen MR) is 84.2 cm³/mol. The Balaban J connectivity index is 1.72. The molecule has 1 aliphatic rings. The molecule has 0 aliphatic carbocycles. The van der Waals surface area contributed by atoms with E-state index in [0.29, 0.717) is 18.6 Å². The molecular weight excluding hydrogens is 296 g/mol. The molecule has 0 saturated carbocycles. The van der Waals surface area contributed by atoms with Crippen molar-refractivity contribution in [3.8, 4) is 0 Å². The number of imidazole rings is 1. The molecule has 0 spiro atoms. The predicted octanol–water partition coefficient (Wildman–Crippen LogP) is 1.07. The Morgan fingerprint density at radius 1 is 1.52 bits per heavy atom. The molecule has 7 nitrogen and oxygen atoms in total. The van der Waals surface area contributed by atoms with Gasteiger partial charge in [-0.2, -0.15) is 0 Å². The van der Waals surface area contributed by atoms with Crippen LogP contribution in [0.25, 0.3) is 0 Å². The van der Waals surface area contributed by atoms with E-state index < -0.39 is 0 Å². The molecule has 2 aromatic rings. The fourth-order valence-electron chi connectivity index (χ4n) is 2.93. The molecule has 1 amide bonds. The van der Waals surface area contributed by atoms with Gasteiger partial charge in [0, 0.05) is 25.9 Å². The van der Waals surface area contributed by atoms with E-state index in [4.69, 9.17) is 4.74 Å². The zero-order valence-electron chi connectivity index (χ0n) is 13.2. The Kier molecular flexibility index (Phi) is 4.29. The summed E-state index contributed by atoms with van der Waals surface area (Å²) in [4.78, 5) is 30.9. The van der Waals surface area contributed by atoms with Gasteiger partial charge in [0.1, 0.15) is 11.7 Å². The van der Waals surface area contributed by atoms with Crippen molar-refractivity contribution in [1.29, 1.82) is 0 Å². The van der Waals surface area contributed by atoms with Gasteiger partial charge in [-0.15, -0.1) is 0 Å². The van der Waals surface area contributed by atoms with Crippen LogP contribution in [-0.4, -0.2) is 33.1 Å². The first-order valence-electron chi connectivity index (χ1n) is 7.63. The van der Waals surface area contributed by atoms with Crippen LogP contribution in [0, 0.1) is 6.92 Å². The number of aromatic amines is 1. The van der Waals surface area contributed by atoms with E-state index in [9.17, 15) is 9.59 Å². The average molecular weight is 316 g/mol. The number of H-pyrrole nitrogens is 1. The van der Waals surface area contributed by atoms with Gasteiger partial charge in [-0.05, 0) is 31.4 Å². The van der Waals surface area contributed by atoms with Gasteiger partial charge in [-0.1, -0.05) is 0 Å². The lowest BCUT2D eigenvalue weighted by atomic mass is 10.0. The minimum atomic E-state index is -0.363. The van der Waals surface area contributed by atoms with Gasteiger partial charge in [0.2, 0.25) is 0 Å². The number of nitrogens with zero attached hydrogens (tertiary/aromatic N) is 2. The molecule has 2 N–H and O–H groups in total. The fourth-order valence-corrected chi connectivity index (χ4v) is 2.93. The maximum absolute atomic E-state index is 12.4. The van der Waals surface area contributed by atoms with Gasteiger partial charge in [0.25, 0.3) is 11.5 Å². The summed E-state index contributed by atoms with van der Waals surface area (Å²) in [5.41, 5.74) is 1.47. The van der Waals surface area contributed by atoms with Crippen LogP contribution in [0.3, 0.4) is 0 Å². The van der Waals surface area contributed by atoms with Crippen molar-refractivity contribution < 1.29 is 9.53 Å². The van der Waals surface area contributed by atoms with Crippen molar-refractivity contribution in [2.24, 2.45) is 7.05 Å². The molecule has 3 rings (SSSR count). The molecule has 1 saturated heterocycles. The largest absolute Gasteiger partial charge is 0.372 e. The van der Waals surface area contributed by atoms with E-state index in [-0.39, 0.29) is 29.2 Å². The van der Waals surface area contributed by atoms with Crippen LogP contribution >= 0.6 is 0 Å². The molecule has 0 radical (unpaired) electrons. The Hall–Kier alpha value is -2.41. The Bertz CT molecular complexity index is 765. The molecule has 7 heteroatoms. The second-order valence-electron chi connectivity index (χ2n) is 5.85. The number of hydrogen-bond acceptors (Lipinski definition) is 4. The maximum Gasteiger partial charge on any atom is 0.261 e.